The zero-order chi connectivity index (χ0) is 17.9. The van der Waals surface area contributed by atoms with Crippen molar-refractivity contribution >= 4 is 33.1 Å². The van der Waals surface area contributed by atoms with Gasteiger partial charge in [-0.25, -0.2) is 4.98 Å². The van der Waals surface area contributed by atoms with Gasteiger partial charge >= 0.3 is 0 Å². The van der Waals surface area contributed by atoms with E-state index in [2.05, 4.69) is 10.3 Å². The van der Waals surface area contributed by atoms with Gasteiger partial charge in [0.2, 0.25) is 5.91 Å². The number of nitrogens with one attached hydrogen (secondary N) is 1. The summed E-state index contributed by atoms with van der Waals surface area (Å²) < 4.78 is 1.74. The molecule has 0 radical (unpaired) electrons. The SMILES string of the molecule is O=C(Nc1nccs1)[C@H](CC1CCCCC1)n1cc2ccccc2c1O. The number of carbonyl (C=O) groups is 1. The Morgan fingerprint density at radius 3 is 2.85 bits per heavy atom. The highest BCUT2D eigenvalue weighted by molar-refractivity contribution is 7.13. The molecule has 0 saturated heterocycles. The summed E-state index contributed by atoms with van der Waals surface area (Å²) in [4.78, 5) is 17.2. The normalized spacial score (nSPS) is 16.6. The third-order valence-corrected chi connectivity index (χ3v) is 6.00. The van der Waals surface area contributed by atoms with Crippen molar-refractivity contribution in [1.82, 2.24) is 9.55 Å². The van der Waals surface area contributed by atoms with E-state index < -0.39 is 6.04 Å². The molecule has 1 aliphatic carbocycles. The molecule has 1 saturated carbocycles. The van der Waals surface area contributed by atoms with Crippen molar-refractivity contribution < 1.29 is 9.90 Å². The van der Waals surface area contributed by atoms with Gasteiger partial charge in [-0.05, 0) is 18.4 Å². The van der Waals surface area contributed by atoms with Crippen LogP contribution in [0.25, 0.3) is 10.8 Å². The molecule has 6 heteroatoms. The van der Waals surface area contributed by atoms with Crippen LogP contribution in [-0.2, 0) is 4.79 Å². The van der Waals surface area contributed by atoms with Gasteiger partial charge in [-0.15, -0.1) is 11.3 Å². The number of aromatic hydroxyl groups is 1. The Labute approximate surface area is 156 Å². The molecule has 0 spiro atoms. The van der Waals surface area contributed by atoms with Crippen LogP contribution in [0.2, 0.25) is 0 Å². The first-order valence-corrected chi connectivity index (χ1v) is 10.1. The first-order chi connectivity index (χ1) is 12.7. The maximum Gasteiger partial charge on any atom is 0.249 e. The molecule has 2 N–H and O–H groups in total. The Morgan fingerprint density at radius 1 is 1.31 bits per heavy atom. The van der Waals surface area contributed by atoms with Crippen LogP contribution in [0, 0.1) is 5.92 Å². The van der Waals surface area contributed by atoms with E-state index in [0.29, 0.717) is 11.0 Å². The Morgan fingerprint density at radius 2 is 2.12 bits per heavy atom. The smallest absolute Gasteiger partial charge is 0.249 e. The molecule has 1 amide bonds. The molecule has 0 aliphatic heterocycles. The average molecular weight is 369 g/mol. The molecule has 5 nitrogen and oxygen atoms in total. The van der Waals surface area contributed by atoms with Crippen LogP contribution in [0.3, 0.4) is 0 Å². The summed E-state index contributed by atoms with van der Waals surface area (Å²) in [5.74, 6) is 0.567. The minimum atomic E-state index is -0.436. The van der Waals surface area contributed by atoms with Crippen molar-refractivity contribution in [2.45, 2.75) is 44.6 Å². The number of carbonyl (C=O) groups excluding carboxylic acids is 1. The highest BCUT2D eigenvalue weighted by Crippen LogP contribution is 2.36. The average Bonchev–Trinajstić information content (AvgIpc) is 3.29. The van der Waals surface area contributed by atoms with E-state index in [4.69, 9.17) is 0 Å². The fourth-order valence-electron chi connectivity index (χ4n) is 3.96. The Balaban J connectivity index is 1.66. The van der Waals surface area contributed by atoms with Crippen molar-refractivity contribution in [3.8, 4) is 5.88 Å². The number of anilines is 1. The van der Waals surface area contributed by atoms with Gasteiger partial charge in [0.1, 0.15) is 6.04 Å². The molecule has 1 aromatic carbocycles. The minimum Gasteiger partial charge on any atom is -0.494 e. The maximum absolute atomic E-state index is 13.0. The molecule has 1 aliphatic rings. The van der Waals surface area contributed by atoms with Crippen LogP contribution in [0.15, 0.2) is 42.0 Å². The molecule has 0 unspecified atom stereocenters. The molecule has 2 aromatic heterocycles. The Kier molecular flexibility index (Phi) is 4.93. The molecular formula is C20H23N3O2S. The number of benzene rings is 1. The van der Waals surface area contributed by atoms with Crippen LogP contribution < -0.4 is 5.32 Å². The van der Waals surface area contributed by atoms with Crippen molar-refractivity contribution in [2.24, 2.45) is 5.92 Å². The number of hydrogen-bond acceptors (Lipinski definition) is 4. The maximum atomic E-state index is 13.0. The zero-order valence-electron chi connectivity index (χ0n) is 14.6. The minimum absolute atomic E-state index is 0.110. The molecule has 0 bridgehead atoms. The summed E-state index contributed by atoms with van der Waals surface area (Å²) in [7, 11) is 0. The molecule has 26 heavy (non-hydrogen) atoms. The van der Waals surface area contributed by atoms with E-state index in [9.17, 15) is 9.90 Å². The summed E-state index contributed by atoms with van der Waals surface area (Å²) in [6, 6.07) is 7.25. The first-order valence-electron chi connectivity index (χ1n) is 9.21. The van der Waals surface area contributed by atoms with Crippen molar-refractivity contribution in [1.29, 1.82) is 0 Å². The van der Waals surface area contributed by atoms with E-state index in [-0.39, 0.29) is 11.8 Å². The summed E-state index contributed by atoms with van der Waals surface area (Å²) in [6.07, 6.45) is 10.4. The fourth-order valence-corrected chi connectivity index (χ4v) is 4.49. The van der Waals surface area contributed by atoms with E-state index >= 15 is 0 Å². The number of aromatic nitrogens is 2. The van der Waals surface area contributed by atoms with Gasteiger partial charge in [0.15, 0.2) is 11.0 Å². The highest BCUT2D eigenvalue weighted by atomic mass is 32.1. The first kappa shape index (κ1) is 17.1. The predicted molar refractivity (Wildman–Crippen MR) is 105 cm³/mol. The van der Waals surface area contributed by atoms with Gasteiger partial charge in [0.25, 0.3) is 0 Å². The lowest BCUT2D eigenvalue weighted by Gasteiger charge is -2.27. The van der Waals surface area contributed by atoms with Crippen molar-refractivity contribution in [3.63, 3.8) is 0 Å². The highest BCUT2D eigenvalue weighted by Gasteiger charge is 2.28. The largest absolute Gasteiger partial charge is 0.494 e. The Bertz CT molecular complexity index is 882. The lowest BCUT2D eigenvalue weighted by Crippen LogP contribution is -2.28. The number of hydrogen-bond donors (Lipinski definition) is 2. The van der Waals surface area contributed by atoms with Crippen molar-refractivity contribution in [2.75, 3.05) is 5.32 Å². The molecular weight excluding hydrogens is 346 g/mol. The van der Waals surface area contributed by atoms with Gasteiger partial charge in [-0.1, -0.05) is 50.3 Å². The number of fused-ring (bicyclic) bond motifs is 1. The second kappa shape index (κ2) is 7.50. The summed E-state index contributed by atoms with van der Waals surface area (Å²) in [5.41, 5.74) is 0. The second-order valence-electron chi connectivity index (χ2n) is 7.03. The zero-order valence-corrected chi connectivity index (χ0v) is 15.4. The monoisotopic (exact) mass is 369 g/mol. The number of amides is 1. The van der Waals surface area contributed by atoms with Crippen LogP contribution in [-0.4, -0.2) is 20.6 Å². The molecule has 4 rings (SSSR count). The van der Waals surface area contributed by atoms with Crippen LogP contribution in [0.5, 0.6) is 5.88 Å². The van der Waals surface area contributed by atoms with Gasteiger partial charge in [-0.2, -0.15) is 0 Å². The van der Waals surface area contributed by atoms with Crippen LogP contribution >= 0.6 is 11.3 Å². The van der Waals surface area contributed by atoms with E-state index in [0.717, 1.165) is 30.0 Å². The summed E-state index contributed by atoms with van der Waals surface area (Å²) >= 11 is 1.40. The topological polar surface area (TPSA) is 67.2 Å². The standard InChI is InChI=1S/C20H23N3O2S/c24-18(22-20-21-10-11-26-20)17(12-14-6-2-1-3-7-14)23-13-15-8-4-5-9-16(15)19(23)25/h4-5,8-11,13-14,17,25H,1-3,6-7,12H2,(H,21,22,24)/t17-/m0/s1. The number of rotatable bonds is 5. The molecule has 136 valence electrons. The second-order valence-corrected chi connectivity index (χ2v) is 7.92. The van der Waals surface area contributed by atoms with Gasteiger partial charge in [0.05, 0.1) is 0 Å². The fraction of sp³-hybridized carbons (Fsp3) is 0.400. The van der Waals surface area contributed by atoms with Crippen LogP contribution in [0.4, 0.5) is 5.13 Å². The molecule has 3 aromatic rings. The molecule has 1 atom stereocenters. The molecule has 1 fully saturated rings. The van der Waals surface area contributed by atoms with E-state index in [1.165, 1.54) is 30.6 Å². The number of nitrogens with zero attached hydrogens (tertiary/aromatic N) is 2. The predicted octanol–water partition coefficient (Wildman–Crippen LogP) is 4.95. The summed E-state index contributed by atoms with van der Waals surface area (Å²) in [6.45, 7) is 0. The lowest BCUT2D eigenvalue weighted by molar-refractivity contribution is -0.120. The number of thiazole rings is 1. The molecule has 2 heterocycles. The van der Waals surface area contributed by atoms with E-state index in [1.807, 2.05) is 35.8 Å². The quantitative estimate of drug-likeness (QED) is 0.668. The van der Waals surface area contributed by atoms with E-state index in [1.54, 1.807) is 10.8 Å². The lowest BCUT2D eigenvalue weighted by atomic mass is 9.84. The summed E-state index contributed by atoms with van der Waals surface area (Å²) in [5, 5.41) is 17.8. The third kappa shape index (κ3) is 3.46. The van der Waals surface area contributed by atoms with Gasteiger partial charge < -0.3 is 15.0 Å². The Hall–Kier alpha value is -2.34. The van der Waals surface area contributed by atoms with Gasteiger partial charge in [0, 0.05) is 28.5 Å². The van der Waals surface area contributed by atoms with Crippen LogP contribution in [0.1, 0.15) is 44.6 Å². The third-order valence-electron chi connectivity index (χ3n) is 5.31. The van der Waals surface area contributed by atoms with Gasteiger partial charge in [-0.3, -0.25) is 4.79 Å². The van der Waals surface area contributed by atoms with Crippen molar-refractivity contribution in [3.05, 3.63) is 42.0 Å².